The molecule has 24 heavy (non-hydrogen) atoms. The van der Waals surface area contributed by atoms with Crippen molar-refractivity contribution in [1.82, 2.24) is 10.3 Å². The minimum Gasteiger partial charge on any atom is -0.378 e. The van der Waals surface area contributed by atoms with Crippen LogP contribution >= 0.6 is 0 Å². The Kier molecular flexibility index (Phi) is 4.15. The summed E-state index contributed by atoms with van der Waals surface area (Å²) in [5.74, 6) is -0.136. The molecule has 1 aromatic carbocycles. The molecule has 2 aliphatic heterocycles. The van der Waals surface area contributed by atoms with Crippen molar-refractivity contribution in [3.05, 3.63) is 53.3 Å². The highest BCUT2D eigenvalue weighted by Gasteiger charge is 2.15. The number of nitrogens with one attached hydrogen (secondary N) is 2. The van der Waals surface area contributed by atoms with Gasteiger partial charge < -0.3 is 20.3 Å². The van der Waals surface area contributed by atoms with Gasteiger partial charge in [0.25, 0.3) is 5.91 Å². The molecule has 0 unspecified atom stereocenters. The molecular formula is C18H20N4O2. The topological polar surface area (TPSA) is 66.5 Å². The summed E-state index contributed by atoms with van der Waals surface area (Å²) in [7, 11) is 0. The highest BCUT2D eigenvalue weighted by atomic mass is 16.5. The van der Waals surface area contributed by atoms with E-state index >= 15 is 0 Å². The van der Waals surface area contributed by atoms with Crippen molar-refractivity contribution >= 4 is 17.3 Å². The molecule has 124 valence electrons. The standard InChI is InChI=1S/C18H20N4O2/c23-18(21-16-2-1-13-9-19-10-14(13)7-16)15-8-17(12-20-11-15)22-3-5-24-6-4-22/h1-2,7-8,11-12,19H,3-6,9-10H2,(H,21,23). The van der Waals surface area contributed by atoms with E-state index in [1.807, 2.05) is 18.2 Å². The Labute approximate surface area is 140 Å². The first-order valence-corrected chi connectivity index (χ1v) is 8.21. The van der Waals surface area contributed by atoms with E-state index in [9.17, 15) is 4.79 Å². The zero-order valence-electron chi connectivity index (χ0n) is 13.4. The number of pyridine rings is 1. The lowest BCUT2D eigenvalue weighted by Gasteiger charge is -2.28. The summed E-state index contributed by atoms with van der Waals surface area (Å²) in [6, 6.07) is 7.94. The molecule has 1 amide bonds. The number of benzene rings is 1. The molecule has 0 spiro atoms. The van der Waals surface area contributed by atoms with Crippen LogP contribution in [-0.4, -0.2) is 37.2 Å². The average Bonchev–Trinajstić information content (AvgIpc) is 3.10. The van der Waals surface area contributed by atoms with Crippen LogP contribution in [0.4, 0.5) is 11.4 Å². The van der Waals surface area contributed by atoms with Gasteiger partial charge in [0, 0.05) is 38.1 Å². The number of ether oxygens (including phenoxy) is 1. The van der Waals surface area contributed by atoms with Gasteiger partial charge in [0.2, 0.25) is 0 Å². The quantitative estimate of drug-likeness (QED) is 0.901. The molecule has 6 heteroatoms. The zero-order chi connectivity index (χ0) is 16.4. The van der Waals surface area contributed by atoms with Crippen LogP contribution in [0.1, 0.15) is 21.5 Å². The van der Waals surface area contributed by atoms with Crippen molar-refractivity contribution in [2.75, 3.05) is 36.5 Å². The molecule has 2 aliphatic rings. The Balaban J connectivity index is 1.50. The predicted octanol–water partition coefficient (Wildman–Crippen LogP) is 1.77. The summed E-state index contributed by atoms with van der Waals surface area (Å²) < 4.78 is 5.37. The molecular weight excluding hydrogens is 304 g/mol. The van der Waals surface area contributed by atoms with Gasteiger partial charge in [-0.05, 0) is 29.3 Å². The molecule has 0 radical (unpaired) electrons. The molecule has 1 fully saturated rings. The maximum Gasteiger partial charge on any atom is 0.257 e. The highest BCUT2D eigenvalue weighted by molar-refractivity contribution is 6.04. The van der Waals surface area contributed by atoms with Gasteiger partial charge >= 0.3 is 0 Å². The number of hydrogen-bond donors (Lipinski definition) is 2. The fourth-order valence-electron chi connectivity index (χ4n) is 3.12. The van der Waals surface area contributed by atoms with Crippen LogP contribution in [-0.2, 0) is 17.8 Å². The third-order valence-electron chi connectivity index (χ3n) is 4.46. The van der Waals surface area contributed by atoms with E-state index in [2.05, 4.69) is 26.6 Å². The Morgan fingerprint density at radius 3 is 2.83 bits per heavy atom. The van der Waals surface area contributed by atoms with Crippen LogP contribution in [0.3, 0.4) is 0 Å². The van der Waals surface area contributed by atoms with Crippen molar-refractivity contribution in [3.63, 3.8) is 0 Å². The van der Waals surface area contributed by atoms with Gasteiger partial charge in [0.05, 0.1) is 30.7 Å². The summed E-state index contributed by atoms with van der Waals surface area (Å²) in [4.78, 5) is 19.0. The summed E-state index contributed by atoms with van der Waals surface area (Å²) in [5.41, 5.74) is 4.89. The number of rotatable bonds is 3. The lowest BCUT2D eigenvalue weighted by Crippen LogP contribution is -2.36. The van der Waals surface area contributed by atoms with Crippen molar-refractivity contribution < 1.29 is 9.53 Å². The third-order valence-corrected chi connectivity index (χ3v) is 4.46. The average molecular weight is 324 g/mol. The Morgan fingerprint density at radius 1 is 1.12 bits per heavy atom. The molecule has 1 aromatic heterocycles. The largest absolute Gasteiger partial charge is 0.378 e. The third kappa shape index (κ3) is 3.11. The second-order valence-corrected chi connectivity index (χ2v) is 6.07. The maximum atomic E-state index is 12.5. The molecule has 6 nitrogen and oxygen atoms in total. The Hall–Kier alpha value is -2.44. The van der Waals surface area contributed by atoms with E-state index in [0.717, 1.165) is 37.6 Å². The fourth-order valence-corrected chi connectivity index (χ4v) is 3.12. The number of nitrogens with zero attached hydrogens (tertiary/aromatic N) is 2. The van der Waals surface area contributed by atoms with Crippen molar-refractivity contribution in [2.45, 2.75) is 13.1 Å². The van der Waals surface area contributed by atoms with E-state index in [-0.39, 0.29) is 5.91 Å². The van der Waals surface area contributed by atoms with Crippen molar-refractivity contribution in [3.8, 4) is 0 Å². The molecule has 4 rings (SSSR count). The van der Waals surface area contributed by atoms with Gasteiger partial charge in [0.1, 0.15) is 0 Å². The van der Waals surface area contributed by atoms with Crippen molar-refractivity contribution in [2.24, 2.45) is 0 Å². The van der Waals surface area contributed by atoms with Gasteiger partial charge in [-0.15, -0.1) is 0 Å². The summed E-state index contributed by atoms with van der Waals surface area (Å²) in [6.07, 6.45) is 3.40. The normalized spacial score (nSPS) is 16.8. The molecule has 3 heterocycles. The minimum absolute atomic E-state index is 0.136. The second kappa shape index (κ2) is 6.59. The maximum absolute atomic E-state index is 12.5. The van der Waals surface area contributed by atoms with Crippen LogP contribution in [0.25, 0.3) is 0 Å². The van der Waals surface area contributed by atoms with Crippen LogP contribution in [0, 0.1) is 0 Å². The van der Waals surface area contributed by atoms with E-state index in [4.69, 9.17) is 4.74 Å². The van der Waals surface area contributed by atoms with Crippen LogP contribution in [0.15, 0.2) is 36.7 Å². The summed E-state index contributed by atoms with van der Waals surface area (Å²) in [6.45, 7) is 4.82. The number of carbonyl (C=O) groups excluding carboxylic acids is 1. The molecule has 1 saturated heterocycles. The molecule has 2 N–H and O–H groups in total. The van der Waals surface area contributed by atoms with Gasteiger partial charge in [-0.1, -0.05) is 6.07 Å². The fraction of sp³-hybridized carbons (Fsp3) is 0.333. The lowest BCUT2D eigenvalue weighted by molar-refractivity contribution is 0.102. The number of hydrogen-bond acceptors (Lipinski definition) is 5. The molecule has 0 aliphatic carbocycles. The molecule has 2 aromatic rings. The van der Waals surface area contributed by atoms with Gasteiger partial charge in [-0.25, -0.2) is 0 Å². The van der Waals surface area contributed by atoms with Crippen LogP contribution < -0.4 is 15.5 Å². The first-order chi connectivity index (χ1) is 11.8. The summed E-state index contributed by atoms with van der Waals surface area (Å²) in [5, 5.41) is 6.27. The van der Waals surface area contributed by atoms with Gasteiger partial charge in [-0.2, -0.15) is 0 Å². The van der Waals surface area contributed by atoms with E-state index in [0.29, 0.717) is 18.8 Å². The van der Waals surface area contributed by atoms with Gasteiger partial charge in [0.15, 0.2) is 0 Å². The molecule has 0 bridgehead atoms. The number of amides is 1. The Morgan fingerprint density at radius 2 is 1.96 bits per heavy atom. The number of morpholine rings is 1. The highest BCUT2D eigenvalue weighted by Crippen LogP contribution is 2.21. The number of anilines is 2. The van der Waals surface area contributed by atoms with E-state index in [1.165, 1.54) is 11.1 Å². The monoisotopic (exact) mass is 324 g/mol. The zero-order valence-corrected chi connectivity index (χ0v) is 13.4. The summed E-state index contributed by atoms with van der Waals surface area (Å²) >= 11 is 0. The number of fused-ring (bicyclic) bond motifs is 1. The number of aromatic nitrogens is 1. The lowest BCUT2D eigenvalue weighted by atomic mass is 10.1. The number of carbonyl (C=O) groups is 1. The minimum atomic E-state index is -0.136. The first kappa shape index (κ1) is 15.1. The smallest absolute Gasteiger partial charge is 0.257 e. The van der Waals surface area contributed by atoms with Crippen molar-refractivity contribution in [1.29, 1.82) is 0 Å². The predicted molar refractivity (Wildman–Crippen MR) is 92.2 cm³/mol. The van der Waals surface area contributed by atoms with Gasteiger partial charge in [-0.3, -0.25) is 9.78 Å². The van der Waals surface area contributed by atoms with Crippen LogP contribution in [0.5, 0.6) is 0 Å². The second-order valence-electron chi connectivity index (χ2n) is 6.07. The van der Waals surface area contributed by atoms with Crippen LogP contribution in [0.2, 0.25) is 0 Å². The molecule has 0 atom stereocenters. The SMILES string of the molecule is O=C(Nc1ccc2c(c1)CNC2)c1cncc(N2CCOCC2)c1. The first-order valence-electron chi connectivity index (χ1n) is 8.21. The molecule has 0 saturated carbocycles. The van der Waals surface area contributed by atoms with E-state index < -0.39 is 0 Å². The Bertz CT molecular complexity index is 756. The van der Waals surface area contributed by atoms with E-state index in [1.54, 1.807) is 12.4 Å².